The molecular formula is CH6O3Re-4. The molecule has 0 heterocycles. The van der Waals surface area contributed by atoms with Gasteiger partial charge in [-0.25, -0.2) is 0 Å². The summed E-state index contributed by atoms with van der Waals surface area (Å²) in [5.74, 6) is 0. The summed E-state index contributed by atoms with van der Waals surface area (Å²) in [6.07, 6.45) is 0. The molecule has 0 rings (SSSR count). The molecule has 1 radical (unpaired) electrons. The molecule has 0 aromatic rings. The molecule has 0 atom stereocenters. The van der Waals surface area contributed by atoms with Crippen LogP contribution in [0.1, 0.15) is 0 Å². The second kappa shape index (κ2) is 194. The van der Waals surface area contributed by atoms with Crippen molar-refractivity contribution in [2.75, 3.05) is 0 Å². The molecule has 0 spiro atoms. The van der Waals surface area contributed by atoms with E-state index in [2.05, 4.69) is 0 Å². The van der Waals surface area contributed by atoms with Crippen LogP contribution in [0.3, 0.4) is 0 Å². The van der Waals surface area contributed by atoms with Crippen molar-refractivity contribution in [2.45, 2.75) is 0 Å². The Labute approximate surface area is 45.0 Å². The van der Waals surface area contributed by atoms with E-state index in [1.165, 1.54) is 0 Å². The fourth-order valence-corrected chi connectivity index (χ4v) is 0. The second-order valence-electron chi connectivity index (χ2n) is 0. The van der Waals surface area contributed by atoms with Crippen LogP contribution in [0.15, 0.2) is 0 Å². The first-order valence-electron chi connectivity index (χ1n) is 0. The predicted molar refractivity (Wildman–Crippen MR) is 12.2 cm³/mol. The average Bonchev–Trinajstić information content (AvgIpc) is 0. The zero-order valence-electron chi connectivity index (χ0n) is 2.72. The van der Waals surface area contributed by atoms with Crippen LogP contribution in [0.5, 0.6) is 0 Å². The van der Waals surface area contributed by atoms with Crippen molar-refractivity contribution in [3.05, 3.63) is 7.43 Å². The summed E-state index contributed by atoms with van der Waals surface area (Å²) in [4.78, 5) is 0. The van der Waals surface area contributed by atoms with E-state index >= 15 is 0 Å². The zero-order chi connectivity index (χ0) is 0. The van der Waals surface area contributed by atoms with Crippen LogP contribution in [0.25, 0.3) is 0 Å². The van der Waals surface area contributed by atoms with Gasteiger partial charge in [0, 0.05) is 20.4 Å². The maximum Gasteiger partial charge on any atom is 0 e. The minimum absolute atomic E-state index is 0. The van der Waals surface area contributed by atoms with E-state index in [-0.39, 0.29) is 44.3 Å². The van der Waals surface area contributed by atoms with Gasteiger partial charge in [-0.1, -0.05) is 0 Å². The molecule has 0 aliphatic heterocycles. The molecular weight excluding hydrogens is 246 g/mol. The monoisotopic (exact) mass is 253 g/mol. The average molecular weight is 252 g/mol. The second-order valence-corrected chi connectivity index (χ2v) is 0. The largest absolute Gasteiger partial charge is 0.870 e. The van der Waals surface area contributed by atoms with Gasteiger partial charge in [0.2, 0.25) is 0 Å². The van der Waals surface area contributed by atoms with E-state index in [1.54, 1.807) is 0 Å². The van der Waals surface area contributed by atoms with Crippen LogP contribution < -0.4 is 0 Å². The quantitative estimate of drug-likeness (QED) is 0.564. The Hall–Kier alpha value is 0.542. The SMILES string of the molecule is [CH3-].[OH-].[OH-].[OH-].[Re]. The van der Waals surface area contributed by atoms with Gasteiger partial charge in [-0.3, -0.25) is 0 Å². The van der Waals surface area contributed by atoms with Gasteiger partial charge in [-0.15, -0.1) is 0 Å². The normalized spacial score (nSPS) is 0. The fourth-order valence-electron chi connectivity index (χ4n) is 0. The zero-order valence-corrected chi connectivity index (χ0v) is 5.44. The molecule has 5 heavy (non-hydrogen) atoms. The molecule has 0 bridgehead atoms. The van der Waals surface area contributed by atoms with Crippen molar-refractivity contribution in [3.63, 3.8) is 0 Å². The van der Waals surface area contributed by atoms with Gasteiger partial charge in [-0.05, 0) is 0 Å². The molecule has 0 saturated carbocycles. The molecule has 0 aliphatic carbocycles. The molecule has 3 N–H and O–H groups in total. The summed E-state index contributed by atoms with van der Waals surface area (Å²) < 4.78 is 0. The van der Waals surface area contributed by atoms with Crippen LogP contribution in [0.4, 0.5) is 0 Å². The molecule has 0 saturated heterocycles. The minimum atomic E-state index is 0. The van der Waals surface area contributed by atoms with Gasteiger partial charge < -0.3 is 23.9 Å². The number of hydrogen-bond donors (Lipinski definition) is 0. The van der Waals surface area contributed by atoms with Crippen LogP contribution in [0.2, 0.25) is 0 Å². The number of hydrogen-bond acceptors (Lipinski definition) is 3. The van der Waals surface area contributed by atoms with Crippen molar-refractivity contribution in [1.82, 2.24) is 0 Å². The first kappa shape index (κ1) is 389. The van der Waals surface area contributed by atoms with E-state index in [1.807, 2.05) is 0 Å². The molecule has 4 heteroatoms. The summed E-state index contributed by atoms with van der Waals surface area (Å²) in [7, 11) is 0. The summed E-state index contributed by atoms with van der Waals surface area (Å²) in [6, 6.07) is 0. The maximum atomic E-state index is 0. The minimum Gasteiger partial charge on any atom is -0.870 e. The van der Waals surface area contributed by atoms with Crippen molar-refractivity contribution in [1.29, 1.82) is 0 Å². The Bertz CT molecular complexity index is 6.85. The summed E-state index contributed by atoms with van der Waals surface area (Å²) in [5.41, 5.74) is 0. The molecule has 3 nitrogen and oxygen atoms in total. The van der Waals surface area contributed by atoms with E-state index in [0.29, 0.717) is 0 Å². The molecule has 0 amide bonds. The van der Waals surface area contributed by atoms with Gasteiger partial charge in [0.1, 0.15) is 0 Å². The van der Waals surface area contributed by atoms with Crippen molar-refractivity contribution in [3.8, 4) is 0 Å². The molecule has 0 aliphatic rings. The Morgan fingerprint density at radius 1 is 0.600 bits per heavy atom. The van der Waals surface area contributed by atoms with Crippen LogP contribution in [-0.2, 0) is 20.4 Å². The third-order valence-corrected chi connectivity index (χ3v) is 0. The summed E-state index contributed by atoms with van der Waals surface area (Å²) in [5, 5.41) is 0. The van der Waals surface area contributed by atoms with Crippen molar-refractivity contribution in [2.24, 2.45) is 0 Å². The topological polar surface area (TPSA) is 90.0 Å². The Morgan fingerprint density at radius 2 is 0.600 bits per heavy atom. The Balaban J connectivity index is 0. The molecule has 0 fully saturated rings. The van der Waals surface area contributed by atoms with Crippen LogP contribution in [0, 0.1) is 7.43 Å². The summed E-state index contributed by atoms with van der Waals surface area (Å²) in [6.45, 7) is 0. The maximum absolute atomic E-state index is 0. The van der Waals surface area contributed by atoms with E-state index < -0.39 is 0 Å². The smallest absolute Gasteiger partial charge is 0 e. The third-order valence-electron chi connectivity index (χ3n) is 0. The predicted octanol–water partition coefficient (Wildman–Crippen LogP) is -0.0826. The van der Waals surface area contributed by atoms with E-state index in [0.717, 1.165) is 0 Å². The fraction of sp³-hybridized carbons (Fsp3) is 0. The van der Waals surface area contributed by atoms with E-state index in [4.69, 9.17) is 0 Å². The molecule has 39 valence electrons. The van der Waals surface area contributed by atoms with Crippen LogP contribution >= 0.6 is 0 Å². The standard InChI is InChI=1S/CH3.3H2O.Re/h1H3;3*1H2;/q-1;;;;/p-3. The van der Waals surface area contributed by atoms with Crippen LogP contribution in [-0.4, -0.2) is 16.4 Å². The van der Waals surface area contributed by atoms with Gasteiger partial charge in [0.05, 0.1) is 0 Å². The first-order valence-corrected chi connectivity index (χ1v) is 0. The van der Waals surface area contributed by atoms with Crippen molar-refractivity contribution >= 4 is 0 Å². The first-order chi connectivity index (χ1) is 0. The van der Waals surface area contributed by atoms with Crippen molar-refractivity contribution < 1.29 is 36.9 Å². The van der Waals surface area contributed by atoms with Gasteiger partial charge in [-0.2, -0.15) is 0 Å². The van der Waals surface area contributed by atoms with E-state index in [9.17, 15) is 0 Å². The van der Waals surface area contributed by atoms with Gasteiger partial charge in [0.15, 0.2) is 0 Å². The number of rotatable bonds is 0. The molecule has 0 unspecified atom stereocenters. The summed E-state index contributed by atoms with van der Waals surface area (Å²) >= 11 is 0. The Morgan fingerprint density at radius 3 is 0.600 bits per heavy atom. The van der Waals surface area contributed by atoms with Gasteiger partial charge >= 0.3 is 0 Å². The molecule has 0 aromatic carbocycles. The third kappa shape index (κ3) is 99.8. The van der Waals surface area contributed by atoms with Gasteiger partial charge in [0.25, 0.3) is 0 Å². The molecule has 0 aromatic heterocycles. The Kier molecular flexibility index (Phi) is 15100.